The second kappa shape index (κ2) is 7.42. The average molecular weight is 335 g/mol. The molecule has 0 fully saturated rings. The fourth-order valence-corrected chi connectivity index (χ4v) is 1.49. The number of nitro groups is 1. The minimum atomic E-state index is -4.58. The SMILES string of the molecule is CNc1ccc(C(=O)OCC(=O)NCC(F)(F)F)cc1[N+](=O)[O-]. The minimum Gasteiger partial charge on any atom is -0.452 e. The summed E-state index contributed by atoms with van der Waals surface area (Å²) in [6.45, 7) is -2.48. The van der Waals surface area contributed by atoms with Gasteiger partial charge in [0.05, 0.1) is 10.5 Å². The molecule has 11 heteroatoms. The number of halogens is 3. The molecule has 0 aliphatic rings. The van der Waals surface area contributed by atoms with E-state index in [1.165, 1.54) is 24.5 Å². The molecule has 0 spiro atoms. The normalized spacial score (nSPS) is 10.8. The molecule has 0 heterocycles. The van der Waals surface area contributed by atoms with Crippen molar-refractivity contribution in [1.82, 2.24) is 5.32 Å². The maximum absolute atomic E-state index is 11.9. The van der Waals surface area contributed by atoms with E-state index in [0.717, 1.165) is 6.07 Å². The molecule has 126 valence electrons. The first-order valence-electron chi connectivity index (χ1n) is 6.11. The molecule has 1 aromatic carbocycles. The maximum Gasteiger partial charge on any atom is 0.405 e. The van der Waals surface area contributed by atoms with Crippen molar-refractivity contribution in [3.63, 3.8) is 0 Å². The number of benzene rings is 1. The third-order valence-electron chi connectivity index (χ3n) is 2.52. The second-order valence-electron chi connectivity index (χ2n) is 4.21. The molecule has 0 saturated heterocycles. The van der Waals surface area contributed by atoms with E-state index in [9.17, 15) is 32.9 Å². The lowest BCUT2D eigenvalue weighted by atomic mass is 10.1. The first kappa shape index (κ1) is 18.2. The molecular formula is C12H12F3N3O5. The highest BCUT2D eigenvalue weighted by Crippen LogP contribution is 2.25. The van der Waals surface area contributed by atoms with Gasteiger partial charge < -0.3 is 15.4 Å². The largest absolute Gasteiger partial charge is 0.452 e. The van der Waals surface area contributed by atoms with E-state index in [-0.39, 0.29) is 16.9 Å². The minimum absolute atomic E-state index is 0.162. The Labute approximate surface area is 127 Å². The van der Waals surface area contributed by atoms with Gasteiger partial charge in [-0.25, -0.2) is 4.79 Å². The van der Waals surface area contributed by atoms with Crippen LogP contribution >= 0.6 is 0 Å². The van der Waals surface area contributed by atoms with E-state index in [0.29, 0.717) is 0 Å². The number of anilines is 1. The molecule has 0 aliphatic heterocycles. The van der Waals surface area contributed by atoms with Crippen LogP contribution in [0.5, 0.6) is 0 Å². The van der Waals surface area contributed by atoms with Crippen LogP contribution in [0.3, 0.4) is 0 Å². The fourth-order valence-electron chi connectivity index (χ4n) is 1.49. The van der Waals surface area contributed by atoms with Gasteiger partial charge in [0.25, 0.3) is 11.6 Å². The molecule has 0 saturated carbocycles. The van der Waals surface area contributed by atoms with Crippen LogP contribution in [-0.2, 0) is 9.53 Å². The van der Waals surface area contributed by atoms with E-state index in [4.69, 9.17) is 0 Å². The Morgan fingerprint density at radius 3 is 2.52 bits per heavy atom. The van der Waals surface area contributed by atoms with E-state index >= 15 is 0 Å². The summed E-state index contributed by atoms with van der Waals surface area (Å²) in [5.41, 5.74) is -0.433. The van der Waals surface area contributed by atoms with Gasteiger partial charge in [0.2, 0.25) is 0 Å². The summed E-state index contributed by atoms with van der Waals surface area (Å²) in [4.78, 5) is 32.9. The van der Waals surface area contributed by atoms with E-state index in [1.54, 1.807) is 0 Å². The number of hydrogen-bond donors (Lipinski definition) is 2. The van der Waals surface area contributed by atoms with Crippen molar-refractivity contribution in [2.75, 3.05) is 25.5 Å². The number of amides is 1. The zero-order valence-electron chi connectivity index (χ0n) is 11.8. The molecule has 23 heavy (non-hydrogen) atoms. The number of esters is 1. The molecule has 8 nitrogen and oxygen atoms in total. The zero-order valence-corrected chi connectivity index (χ0v) is 11.8. The average Bonchev–Trinajstić information content (AvgIpc) is 2.49. The molecule has 2 N–H and O–H groups in total. The van der Waals surface area contributed by atoms with Gasteiger partial charge in [0.15, 0.2) is 6.61 Å². The van der Waals surface area contributed by atoms with Crippen LogP contribution in [-0.4, -0.2) is 43.2 Å². The van der Waals surface area contributed by atoms with Gasteiger partial charge in [-0.05, 0) is 12.1 Å². The lowest BCUT2D eigenvalue weighted by Gasteiger charge is -2.09. The number of nitrogens with one attached hydrogen (secondary N) is 2. The quantitative estimate of drug-likeness (QED) is 0.463. The number of carbonyl (C=O) groups excluding carboxylic acids is 2. The Morgan fingerprint density at radius 1 is 1.35 bits per heavy atom. The Morgan fingerprint density at radius 2 is 2.00 bits per heavy atom. The molecular weight excluding hydrogens is 323 g/mol. The number of rotatable bonds is 6. The van der Waals surface area contributed by atoms with Gasteiger partial charge in [-0.15, -0.1) is 0 Å². The highest BCUT2D eigenvalue weighted by atomic mass is 19.4. The molecule has 0 aliphatic carbocycles. The van der Waals surface area contributed by atoms with Crippen molar-refractivity contribution in [3.8, 4) is 0 Å². The smallest absolute Gasteiger partial charge is 0.405 e. The Balaban J connectivity index is 2.67. The predicted molar refractivity (Wildman–Crippen MR) is 72.0 cm³/mol. The topological polar surface area (TPSA) is 111 Å². The van der Waals surface area contributed by atoms with Crippen LogP contribution in [0, 0.1) is 10.1 Å². The van der Waals surface area contributed by atoms with Crippen molar-refractivity contribution >= 4 is 23.3 Å². The van der Waals surface area contributed by atoms with Gasteiger partial charge in [-0.2, -0.15) is 13.2 Å². The molecule has 0 unspecified atom stereocenters. The number of ether oxygens (including phenoxy) is 1. The van der Waals surface area contributed by atoms with Crippen molar-refractivity contribution in [2.45, 2.75) is 6.18 Å². The number of carbonyl (C=O) groups is 2. The first-order valence-corrected chi connectivity index (χ1v) is 6.11. The summed E-state index contributed by atoms with van der Waals surface area (Å²) in [6.07, 6.45) is -4.58. The zero-order chi connectivity index (χ0) is 17.6. The van der Waals surface area contributed by atoms with Crippen LogP contribution in [0.25, 0.3) is 0 Å². The van der Waals surface area contributed by atoms with E-state index < -0.39 is 36.1 Å². The molecule has 0 radical (unpaired) electrons. The van der Waals surface area contributed by atoms with Crippen molar-refractivity contribution < 1.29 is 32.4 Å². The summed E-state index contributed by atoms with van der Waals surface area (Å²) in [7, 11) is 1.45. The van der Waals surface area contributed by atoms with Crippen LogP contribution in [0.2, 0.25) is 0 Å². The number of nitro benzene ring substituents is 1. The first-order chi connectivity index (χ1) is 10.6. The maximum atomic E-state index is 11.9. The third kappa shape index (κ3) is 5.80. The molecule has 1 rings (SSSR count). The highest BCUT2D eigenvalue weighted by Gasteiger charge is 2.28. The van der Waals surface area contributed by atoms with E-state index in [1.807, 2.05) is 0 Å². The van der Waals surface area contributed by atoms with Gasteiger partial charge >= 0.3 is 12.1 Å². The van der Waals surface area contributed by atoms with Crippen molar-refractivity contribution in [2.24, 2.45) is 0 Å². The number of alkyl halides is 3. The van der Waals surface area contributed by atoms with Gasteiger partial charge in [0.1, 0.15) is 12.2 Å². The number of nitrogens with zero attached hydrogens (tertiary/aromatic N) is 1. The molecule has 1 amide bonds. The van der Waals surface area contributed by atoms with Crippen molar-refractivity contribution in [3.05, 3.63) is 33.9 Å². The Hall–Kier alpha value is -2.85. The molecule has 0 atom stereocenters. The van der Waals surface area contributed by atoms with Gasteiger partial charge in [0, 0.05) is 13.1 Å². The standard InChI is InChI=1S/C12H12F3N3O5/c1-16-8-3-2-7(4-9(8)18(21)22)11(20)23-5-10(19)17-6-12(13,14)15/h2-4,16H,5-6H2,1H3,(H,17,19). The molecule has 0 bridgehead atoms. The van der Waals surface area contributed by atoms with Crippen LogP contribution in [0.4, 0.5) is 24.5 Å². The van der Waals surface area contributed by atoms with Gasteiger partial charge in [-0.1, -0.05) is 0 Å². The summed E-state index contributed by atoms with van der Waals surface area (Å²) in [6, 6.07) is 3.41. The molecule has 1 aromatic rings. The Bertz CT molecular complexity index is 618. The Kier molecular flexibility index (Phi) is 5.87. The lowest BCUT2D eigenvalue weighted by molar-refractivity contribution is -0.384. The monoisotopic (exact) mass is 335 g/mol. The molecule has 0 aromatic heterocycles. The lowest BCUT2D eigenvalue weighted by Crippen LogP contribution is -2.36. The highest BCUT2D eigenvalue weighted by molar-refractivity contribution is 5.93. The van der Waals surface area contributed by atoms with Crippen LogP contribution < -0.4 is 10.6 Å². The summed E-state index contributed by atoms with van der Waals surface area (Å²) >= 11 is 0. The predicted octanol–water partition coefficient (Wildman–Crippen LogP) is 1.47. The van der Waals surface area contributed by atoms with Crippen LogP contribution in [0.15, 0.2) is 18.2 Å². The number of hydrogen-bond acceptors (Lipinski definition) is 6. The summed E-state index contributed by atoms with van der Waals surface area (Å²) < 4.78 is 40.1. The second-order valence-corrected chi connectivity index (χ2v) is 4.21. The van der Waals surface area contributed by atoms with E-state index in [2.05, 4.69) is 10.1 Å². The fraction of sp³-hybridized carbons (Fsp3) is 0.333. The van der Waals surface area contributed by atoms with Gasteiger partial charge in [-0.3, -0.25) is 14.9 Å². The third-order valence-corrected chi connectivity index (χ3v) is 2.52. The summed E-state index contributed by atoms with van der Waals surface area (Å²) in [5.74, 6) is -2.21. The summed E-state index contributed by atoms with van der Waals surface area (Å²) in [5, 5.41) is 14.9. The van der Waals surface area contributed by atoms with Crippen molar-refractivity contribution in [1.29, 1.82) is 0 Å². The van der Waals surface area contributed by atoms with Crippen LogP contribution in [0.1, 0.15) is 10.4 Å².